The molecule has 3 atom stereocenters. The predicted molar refractivity (Wildman–Crippen MR) is 122 cm³/mol. The lowest BCUT2D eigenvalue weighted by Crippen LogP contribution is -2.58. The first kappa shape index (κ1) is 26.2. The fourth-order valence-corrected chi connectivity index (χ4v) is 3.82. The summed E-state index contributed by atoms with van der Waals surface area (Å²) in [5.74, 6) is -1.33. The lowest BCUT2D eigenvalue weighted by Gasteiger charge is -2.31. The minimum absolute atomic E-state index is 0.0861. The number of ether oxygens (including phenoxy) is 1. The van der Waals surface area contributed by atoms with Crippen molar-refractivity contribution in [3.8, 4) is 0 Å². The quantitative estimate of drug-likeness (QED) is 0.290. The normalized spacial score (nSPS) is 25.5. The van der Waals surface area contributed by atoms with Crippen LogP contribution in [0.25, 0.3) is 0 Å². The number of carbonyl (C=O) groups is 3. The molecule has 0 aromatic carbocycles. The van der Waals surface area contributed by atoms with Crippen LogP contribution in [0.4, 0.5) is 0 Å². The second kappa shape index (κ2) is 11.7. The van der Waals surface area contributed by atoms with Crippen LogP contribution in [0.5, 0.6) is 0 Å². The number of hydrogen-bond donors (Lipinski definition) is 4. The van der Waals surface area contributed by atoms with Crippen molar-refractivity contribution < 1.29 is 24.2 Å². The molecule has 32 heavy (non-hydrogen) atoms. The van der Waals surface area contributed by atoms with E-state index in [4.69, 9.17) is 16.3 Å². The summed E-state index contributed by atoms with van der Waals surface area (Å²) in [6.07, 6.45) is 1.84. The van der Waals surface area contributed by atoms with Crippen molar-refractivity contribution in [2.75, 3.05) is 5.88 Å². The number of aromatic nitrogens is 1. The van der Waals surface area contributed by atoms with Crippen LogP contribution in [0.1, 0.15) is 57.5 Å². The molecule has 9 nitrogen and oxygen atoms in total. The van der Waals surface area contributed by atoms with E-state index in [2.05, 4.69) is 20.9 Å². The molecule has 1 aromatic heterocycles. The molecule has 0 spiro atoms. The van der Waals surface area contributed by atoms with Gasteiger partial charge in [-0.1, -0.05) is 19.9 Å². The lowest BCUT2D eigenvalue weighted by atomic mass is 9.99. The van der Waals surface area contributed by atoms with Crippen LogP contribution in [-0.4, -0.2) is 51.4 Å². The second-order valence-corrected chi connectivity index (χ2v) is 9.72. The highest BCUT2D eigenvalue weighted by molar-refractivity contribution is 7.09. The molecule has 2 amide bonds. The van der Waals surface area contributed by atoms with Crippen molar-refractivity contribution in [2.45, 2.75) is 71.0 Å². The molecule has 2 bridgehead atoms. The number of aliphatic hydroxyl groups excluding tert-OH is 1. The topological polar surface area (TPSA) is 130 Å². The Morgan fingerprint density at radius 3 is 2.75 bits per heavy atom. The Bertz CT molecular complexity index is 842. The number of aliphatic hydroxyl groups is 1. The fourth-order valence-electron chi connectivity index (χ4n) is 2.94. The molecule has 11 heteroatoms. The molecule has 0 aliphatic carbocycles. The van der Waals surface area contributed by atoms with E-state index in [1.807, 2.05) is 0 Å². The third kappa shape index (κ3) is 7.54. The number of cyclic esters (lactones) is 1. The highest BCUT2D eigenvalue weighted by Gasteiger charge is 2.36. The van der Waals surface area contributed by atoms with Gasteiger partial charge in [-0.3, -0.25) is 14.9 Å². The third-order valence-electron chi connectivity index (χ3n) is 4.84. The zero-order valence-corrected chi connectivity index (χ0v) is 20.3. The van der Waals surface area contributed by atoms with Crippen molar-refractivity contribution in [3.63, 3.8) is 0 Å². The third-order valence-corrected chi connectivity index (χ3v) is 5.92. The molecule has 178 valence electrons. The number of halogens is 1. The number of nitrogens with one attached hydrogen (secondary N) is 3. The maximum Gasteiger partial charge on any atom is 0.329 e. The van der Waals surface area contributed by atoms with Gasteiger partial charge < -0.3 is 20.5 Å². The van der Waals surface area contributed by atoms with Crippen LogP contribution in [0.15, 0.2) is 17.5 Å². The van der Waals surface area contributed by atoms with Crippen LogP contribution in [-0.2, 0) is 25.7 Å². The van der Waals surface area contributed by atoms with E-state index in [1.54, 1.807) is 45.2 Å². The van der Waals surface area contributed by atoms with Gasteiger partial charge in [0.05, 0.1) is 24.2 Å². The van der Waals surface area contributed by atoms with Crippen LogP contribution < -0.4 is 16.0 Å². The number of alkyl halides is 1. The van der Waals surface area contributed by atoms with E-state index >= 15 is 0 Å². The number of esters is 1. The molecule has 4 N–H and O–H groups in total. The predicted octanol–water partition coefficient (Wildman–Crippen LogP) is 1.76. The molecule has 0 fully saturated rings. The molecular formula is C21H31ClN4O5S. The van der Waals surface area contributed by atoms with Crippen molar-refractivity contribution in [2.24, 2.45) is 5.92 Å². The van der Waals surface area contributed by atoms with E-state index in [9.17, 15) is 19.5 Å². The van der Waals surface area contributed by atoms with E-state index in [1.165, 1.54) is 11.3 Å². The molecule has 1 aromatic rings. The van der Waals surface area contributed by atoms with Crippen LogP contribution in [0.2, 0.25) is 0 Å². The van der Waals surface area contributed by atoms with Crippen molar-refractivity contribution in [3.05, 3.63) is 28.2 Å². The van der Waals surface area contributed by atoms with E-state index in [-0.39, 0.29) is 24.8 Å². The first-order valence-electron chi connectivity index (χ1n) is 10.4. The second-order valence-electron chi connectivity index (χ2n) is 8.40. The Labute approximate surface area is 197 Å². The van der Waals surface area contributed by atoms with Crippen LogP contribution in [0, 0.1) is 5.92 Å². The molecule has 1 unspecified atom stereocenters. The Morgan fingerprint density at radius 2 is 2.09 bits per heavy atom. The number of thiazole rings is 1. The van der Waals surface area contributed by atoms with Gasteiger partial charge in [0.15, 0.2) is 0 Å². The minimum atomic E-state index is -1.21. The molecule has 2 rings (SSSR count). The first-order chi connectivity index (χ1) is 15.0. The number of allylic oxidation sites excluding steroid dienone is 1. The summed E-state index contributed by atoms with van der Waals surface area (Å²) in [6, 6.07) is -0.938. The van der Waals surface area contributed by atoms with Gasteiger partial charge in [-0.05, 0) is 32.3 Å². The minimum Gasteiger partial charge on any atom is -0.456 e. The maximum absolute atomic E-state index is 12.9. The van der Waals surface area contributed by atoms with E-state index < -0.39 is 35.8 Å². The largest absolute Gasteiger partial charge is 0.456 e. The number of carbonyl (C=O) groups excluding carboxylic acids is 3. The van der Waals surface area contributed by atoms with Crippen molar-refractivity contribution >= 4 is 40.7 Å². The molecule has 1 aliphatic heterocycles. The van der Waals surface area contributed by atoms with Crippen molar-refractivity contribution in [1.29, 1.82) is 0 Å². The molecule has 0 saturated carbocycles. The van der Waals surface area contributed by atoms with E-state index in [0.29, 0.717) is 23.0 Å². The molecule has 1 aliphatic rings. The van der Waals surface area contributed by atoms with Gasteiger partial charge in [0.1, 0.15) is 23.4 Å². The monoisotopic (exact) mass is 486 g/mol. The van der Waals surface area contributed by atoms with E-state index in [0.717, 1.165) is 0 Å². The Morgan fingerprint density at radius 1 is 1.38 bits per heavy atom. The first-order valence-corrected chi connectivity index (χ1v) is 11.9. The smallest absolute Gasteiger partial charge is 0.329 e. The zero-order chi connectivity index (χ0) is 23.9. The summed E-state index contributed by atoms with van der Waals surface area (Å²) in [7, 11) is 0. The summed E-state index contributed by atoms with van der Waals surface area (Å²) in [5, 5.41) is 21.0. The van der Waals surface area contributed by atoms with Crippen molar-refractivity contribution in [1.82, 2.24) is 20.9 Å². The zero-order valence-electron chi connectivity index (χ0n) is 18.7. The number of hydrogen-bond acceptors (Lipinski definition) is 8. The highest BCUT2D eigenvalue weighted by Crippen LogP contribution is 2.19. The Kier molecular flexibility index (Phi) is 9.63. The van der Waals surface area contributed by atoms with Gasteiger partial charge in [-0.2, -0.15) is 0 Å². The lowest BCUT2D eigenvalue weighted by molar-refractivity contribution is -0.153. The summed E-state index contributed by atoms with van der Waals surface area (Å²) in [5.41, 5.74) is -0.865. The summed E-state index contributed by atoms with van der Waals surface area (Å²) >= 11 is 6.99. The Balaban J connectivity index is 2.34. The molecule has 2 heterocycles. The SMILES string of the molecule is CC(C)[C@@H]1NC(=O)C(C)(C)NC(O)c2csc(n2)CNC(=O)C[C@@H](/C=C/CCCl)OC1=O. The van der Waals surface area contributed by atoms with Gasteiger partial charge in [0, 0.05) is 11.3 Å². The van der Waals surface area contributed by atoms with Crippen LogP contribution in [0.3, 0.4) is 0 Å². The van der Waals surface area contributed by atoms with Crippen LogP contribution >= 0.6 is 22.9 Å². The van der Waals surface area contributed by atoms with Gasteiger partial charge in [0.25, 0.3) is 0 Å². The summed E-state index contributed by atoms with van der Waals surface area (Å²) < 4.78 is 5.58. The molecular weight excluding hydrogens is 456 g/mol. The molecule has 0 saturated heterocycles. The van der Waals surface area contributed by atoms with Gasteiger partial charge in [-0.25, -0.2) is 9.78 Å². The maximum atomic E-state index is 12.9. The number of nitrogens with zero attached hydrogens (tertiary/aromatic N) is 1. The average molecular weight is 487 g/mol. The van der Waals surface area contributed by atoms with Gasteiger partial charge in [0.2, 0.25) is 11.8 Å². The molecule has 0 radical (unpaired) electrons. The summed E-state index contributed by atoms with van der Waals surface area (Å²) in [4.78, 5) is 42.6. The van der Waals surface area contributed by atoms with Gasteiger partial charge in [-0.15, -0.1) is 22.9 Å². The highest BCUT2D eigenvalue weighted by atomic mass is 35.5. The standard InChI is InChI=1S/C21H31ClN4O5S/c1-12(2)17-19(29)31-13(7-5-6-8-22)9-15(27)23-10-16-24-14(11-32-16)18(28)26-21(3,4)20(30)25-17/h5,7,11-13,17-18,26,28H,6,8-10H2,1-4H3,(H,23,27)(H,25,30)/b7-5+/t13-,17+,18?/m1/s1. The number of rotatable bonds is 4. The number of amides is 2. The van der Waals surface area contributed by atoms with Gasteiger partial charge >= 0.3 is 5.97 Å². The number of fused-ring (bicyclic) bond motifs is 2. The Hall–Kier alpha value is -2.01. The summed E-state index contributed by atoms with van der Waals surface area (Å²) in [6.45, 7) is 6.93. The fraction of sp³-hybridized carbons (Fsp3) is 0.619. The average Bonchev–Trinajstić information content (AvgIpc) is 3.18.